The van der Waals surface area contributed by atoms with Crippen LogP contribution in [0.15, 0.2) is 18.2 Å². The van der Waals surface area contributed by atoms with Gasteiger partial charge in [0.25, 0.3) is 0 Å². The van der Waals surface area contributed by atoms with E-state index in [1.165, 1.54) is 12.8 Å². The maximum Gasteiger partial charge on any atom is 0.126 e. The van der Waals surface area contributed by atoms with Gasteiger partial charge in [-0.15, -0.1) is 0 Å². The summed E-state index contributed by atoms with van der Waals surface area (Å²) >= 11 is 0. The van der Waals surface area contributed by atoms with Crippen molar-refractivity contribution < 1.29 is 14.2 Å². The van der Waals surface area contributed by atoms with Crippen LogP contribution >= 0.6 is 0 Å². The lowest BCUT2D eigenvalue weighted by atomic mass is 10.2. The molecule has 0 aliphatic rings. The second-order valence-electron chi connectivity index (χ2n) is 4.60. The predicted molar refractivity (Wildman–Crippen MR) is 78.4 cm³/mol. The summed E-state index contributed by atoms with van der Waals surface area (Å²) in [7, 11) is 1.66. The summed E-state index contributed by atoms with van der Waals surface area (Å²) < 4.78 is 16.7. The van der Waals surface area contributed by atoms with Crippen molar-refractivity contribution in [1.29, 1.82) is 0 Å². The Hall–Kier alpha value is -1.38. The average molecular weight is 266 g/mol. The van der Waals surface area contributed by atoms with E-state index in [4.69, 9.17) is 14.2 Å². The van der Waals surface area contributed by atoms with Gasteiger partial charge in [-0.2, -0.15) is 0 Å². The lowest BCUT2D eigenvalue weighted by Gasteiger charge is -2.11. The van der Waals surface area contributed by atoms with E-state index in [2.05, 4.69) is 13.8 Å². The van der Waals surface area contributed by atoms with Gasteiger partial charge in [-0.25, -0.2) is 0 Å². The number of rotatable bonds is 10. The van der Waals surface area contributed by atoms with Crippen molar-refractivity contribution in [3.8, 4) is 17.2 Å². The van der Waals surface area contributed by atoms with E-state index in [9.17, 15) is 0 Å². The zero-order valence-electron chi connectivity index (χ0n) is 12.4. The molecule has 0 amide bonds. The van der Waals surface area contributed by atoms with Gasteiger partial charge in [0.2, 0.25) is 0 Å². The third kappa shape index (κ3) is 6.37. The Bertz CT molecular complexity index is 350. The molecule has 0 aromatic heterocycles. The van der Waals surface area contributed by atoms with Crippen LogP contribution in [0.5, 0.6) is 17.2 Å². The SMILES string of the molecule is CCCCCOc1cc(OC)cc(OCCCC)c1. The molecular weight excluding hydrogens is 240 g/mol. The highest BCUT2D eigenvalue weighted by atomic mass is 16.5. The number of methoxy groups -OCH3 is 1. The standard InChI is InChI=1S/C16H26O3/c1-4-6-8-10-19-16-12-14(17-3)11-15(13-16)18-9-7-5-2/h11-13H,4-10H2,1-3H3. The van der Waals surface area contributed by atoms with Crippen LogP contribution in [0.2, 0.25) is 0 Å². The first-order valence-electron chi connectivity index (χ1n) is 7.24. The molecular formula is C16H26O3. The normalized spacial score (nSPS) is 10.3. The molecule has 108 valence electrons. The fraction of sp³-hybridized carbons (Fsp3) is 0.625. The van der Waals surface area contributed by atoms with Gasteiger partial charge >= 0.3 is 0 Å². The van der Waals surface area contributed by atoms with E-state index in [1.54, 1.807) is 7.11 Å². The van der Waals surface area contributed by atoms with E-state index in [1.807, 2.05) is 18.2 Å². The summed E-state index contributed by atoms with van der Waals surface area (Å²) in [6.07, 6.45) is 5.67. The van der Waals surface area contributed by atoms with Crippen molar-refractivity contribution in [3.05, 3.63) is 18.2 Å². The van der Waals surface area contributed by atoms with E-state index >= 15 is 0 Å². The summed E-state index contributed by atoms with van der Waals surface area (Å²) in [5.74, 6) is 2.42. The van der Waals surface area contributed by atoms with E-state index in [0.29, 0.717) is 0 Å². The van der Waals surface area contributed by atoms with Crippen LogP contribution in [0.1, 0.15) is 46.0 Å². The summed E-state index contributed by atoms with van der Waals surface area (Å²) in [6.45, 7) is 5.82. The zero-order chi connectivity index (χ0) is 13.9. The molecule has 0 heterocycles. The third-order valence-corrected chi connectivity index (χ3v) is 2.87. The van der Waals surface area contributed by atoms with Gasteiger partial charge < -0.3 is 14.2 Å². The Morgan fingerprint density at radius 3 is 1.79 bits per heavy atom. The molecule has 0 N–H and O–H groups in total. The van der Waals surface area contributed by atoms with Gasteiger partial charge in [-0.3, -0.25) is 0 Å². The molecule has 0 spiro atoms. The van der Waals surface area contributed by atoms with Crippen LogP contribution in [-0.4, -0.2) is 20.3 Å². The quantitative estimate of drug-likeness (QED) is 0.586. The number of hydrogen-bond donors (Lipinski definition) is 0. The average Bonchev–Trinajstić information content (AvgIpc) is 2.44. The van der Waals surface area contributed by atoms with Crippen molar-refractivity contribution in [2.24, 2.45) is 0 Å². The monoisotopic (exact) mass is 266 g/mol. The Morgan fingerprint density at radius 1 is 0.737 bits per heavy atom. The van der Waals surface area contributed by atoms with Crippen LogP contribution in [0, 0.1) is 0 Å². The molecule has 3 heteroatoms. The number of benzene rings is 1. The van der Waals surface area contributed by atoms with Gasteiger partial charge in [0.15, 0.2) is 0 Å². The zero-order valence-corrected chi connectivity index (χ0v) is 12.4. The molecule has 0 bridgehead atoms. The molecule has 0 saturated heterocycles. The molecule has 1 aromatic rings. The van der Waals surface area contributed by atoms with Crippen molar-refractivity contribution in [3.63, 3.8) is 0 Å². The maximum absolute atomic E-state index is 5.74. The fourth-order valence-corrected chi connectivity index (χ4v) is 1.71. The minimum Gasteiger partial charge on any atom is -0.496 e. The molecule has 0 radical (unpaired) electrons. The third-order valence-electron chi connectivity index (χ3n) is 2.87. The van der Waals surface area contributed by atoms with Crippen molar-refractivity contribution in [1.82, 2.24) is 0 Å². The number of unbranched alkanes of at least 4 members (excludes halogenated alkanes) is 3. The molecule has 0 atom stereocenters. The molecule has 0 aliphatic carbocycles. The van der Waals surface area contributed by atoms with Gasteiger partial charge in [-0.1, -0.05) is 33.1 Å². The van der Waals surface area contributed by atoms with Crippen LogP contribution < -0.4 is 14.2 Å². The lowest BCUT2D eigenvalue weighted by Crippen LogP contribution is -2.00. The highest BCUT2D eigenvalue weighted by molar-refractivity contribution is 5.42. The first kappa shape index (κ1) is 15.7. The minimum absolute atomic E-state index is 0.735. The summed E-state index contributed by atoms with van der Waals surface area (Å²) in [5, 5.41) is 0. The molecule has 0 fully saturated rings. The van der Waals surface area contributed by atoms with Crippen LogP contribution in [0.4, 0.5) is 0 Å². The van der Waals surface area contributed by atoms with Gasteiger partial charge in [-0.05, 0) is 12.8 Å². The minimum atomic E-state index is 0.735. The summed E-state index contributed by atoms with van der Waals surface area (Å²) in [4.78, 5) is 0. The molecule has 1 aromatic carbocycles. The fourth-order valence-electron chi connectivity index (χ4n) is 1.71. The first-order valence-corrected chi connectivity index (χ1v) is 7.24. The number of ether oxygens (including phenoxy) is 3. The molecule has 0 saturated carbocycles. The molecule has 0 aliphatic heterocycles. The van der Waals surface area contributed by atoms with Gasteiger partial charge in [0, 0.05) is 18.2 Å². The number of hydrogen-bond acceptors (Lipinski definition) is 3. The Morgan fingerprint density at radius 2 is 1.26 bits per heavy atom. The van der Waals surface area contributed by atoms with E-state index in [0.717, 1.165) is 49.7 Å². The van der Waals surface area contributed by atoms with Crippen molar-refractivity contribution in [2.75, 3.05) is 20.3 Å². The summed E-state index contributed by atoms with van der Waals surface area (Å²) in [5.41, 5.74) is 0. The van der Waals surface area contributed by atoms with Gasteiger partial charge in [0.05, 0.1) is 20.3 Å². The van der Waals surface area contributed by atoms with Crippen LogP contribution in [-0.2, 0) is 0 Å². The molecule has 0 unspecified atom stereocenters. The highest BCUT2D eigenvalue weighted by Crippen LogP contribution is 2.28. The van der Waals surface area contributed by atoms with Crippen molar-refractivity contribution in [2.45, 2.75) is 46.0 Å². The lowest BCUT2D eigenvalue weighted by molar-refractivity contribution is 0.289. The maximum atomic E-state index is 5.74. The van der Waals surface area contributed by atoms with Crippen LogP contribution in [0.25, 0.3) is 0 Å². The second-order valence-corrected chi connectivity index (χ2v) is 4.60. The van der Waals surface area contributed by atoms with Crippen molar-refractivity contribution >= 4 is 0 Å². The Labute approximate surface area is 116 Å². The van der Waals surface area contributed by atoms with E-state index < -0.39 is 0 Å². The molecule has 1 rings (SSSR count). The van der Waals surface area contributed by atoms with E-state index in [-0.39, 0.29) is 0 Å². The Kier molecular flexibility index (Phi) is 7.87. The molecule has 3 nitrogen and oxygen atoms in total. The first-order chi connectivity index (χ1) is 9.30. The topological polar surface area (TPSA) is 27.7 Å². The largest absolute Gasteiger partial charge is 0.496 e. The Balaban J connectivity index is 2.55. The second kappa shape index (κ2) is 9.54. The smallest absolute Gasteiger partial charge is 0.126 e. The predicted octanol–water partition coefficient (Wildman–Crippen LogP) is 4.44. The highest BCUT2D eigenvalue weighted by Gasteiger charge is 2.03. The molecule has 19 heavy (non-hydrogen) atoms. The summed E-state index contributed by atoms with van der Waals surface area (Å²) in [6, 6.07) is 5.73. The van der Waals surface area contributed by atoms with Crippen LogP contribution in [0.3, 0.4) is 0 Å². The van der Waals surface area contributed by atoms with Gasteiger partial charge in [0.1, 0.15) is 17.2 Å².